The molecule has 0 aliphatic heterocycles. The molecule has 0 spiro atoms. The van der Waals surface area contributed by atoms with Crippen molar-refractivity contribution in [3.8, 4) is 0 Å². The minimum Gasteiger partial charge on any atom is -0.312 e. The fourth-order valence-corrected chi connectivity index (χ4v) is 3.42. The number of rotatable bonds is 8. The molecule has 4 nitrogen and oxygen atoms in total. The summed E-state index contributed by atoms with van der Waals surface area (Å²) in [6.07, 6.45) is 10.0. The van der Waals surface area contributed by atoms with Gasteiger partial charge in [-0.1, -0.05) is 40.0 Å². The lowest BCUT2D eigenvalue weighted by Gasteiger charge is -2.31. The van der Waals surface area contributed by atoms with Gasteiger partial charge in [0.25, 0.3) is 0 Å². The second kappa shape index (κ2) is 8.52. The average Bonchev–Trinajstić information content (AvgIpc) is 2.94. The van der Waals surface area contributed by atoms with Crippen LogP contribution in [0.1, 0.15) is 70.9 Å². The third-order valence-electron chi connectivity index (χ3n) is 4.67. The monoisotopic (exact) mass is 292 g/mol. The molecule has 2 rings (SSSR count). The average molecular weight is 292 g/mol. The molecule has 1 unspecified atom stereocenters. The number of nitrogens with one attached hydrogen (secondary N) is 1. The molecule has 0 aromatic carbocycles. The summed E-state index contributed by atoms with van der Waals surface area (Å²) in [7, 11) is 0. The van der Waals surface area contributed by atoms with Crippen LogP contribution in [0.4, 0.5) is 0 Å². The zero-order valence-corrected chi connectivity index (χ0v) is 14.1. The second-order valence-corrected chi connectivity index (χ2v) is 6.29. The molecule has 1 N–H and O–H groups in total. The van der Waals surface area contributed by atoms with Gasteiger partial charge in [-0.05, 0) is 31.7 Å². The van der Waals surface area contributed by atoms with Crippen molar-refractivity contribution in [3.05, 3.63) is 11.6 Å². The van der Waals surface area contributed by atoms with Crippen LogP contribution in [0.2, 0.25) is 0 Å². The van der Waals surface area contributed by atoms with Gasteiger partial charge >= 0.3 is 0 Å². The molecule has 1 atom stereocenters. The zero-order valence-electron chi connectivity index (χ0n) is 14.1. The first kappa shape index (κ1) is 16.5. The third kappa shape index (κ3) is 4.53. The molecule has 1 aromatic rings. The molecule has 0 bridgehead atoms. The summed E-state index contributed by atoms with van der Waals surface area (Å²) in [6.45, 7) is 8.65. The Morgan fingerprint density at radius 1 is 1.14 bits per heavy atom. The van der Waals surface area contributed by atoms with Crippen molar-refractivity contribution in [1.29, 1.82) is 0 Å². The van der Waals surface area contributed by atoms with Crippen molar-refractivity contribution < 1.29 is 0 Å². The predicted molar refractivity (Wildman–Crippen MR) is 87.4 cm³/mol. The molecule has 1 saturated carbocycles. The summed E-state index contributed by atoms with van der Waals surface area (Å²) < 4.78 is 2.17. The quantitative estimate of drug-likeness (QED) is 0.799. The Morgan fingerprint density at radius 3 is 2.52 bits per heavy atom. The number of hydrogen-bond donors (Lipinski definition) is 1. The Bertz CT molecular complexity index is 407. The molecule has 1 aromatic heterocycles. The highest BCUT2D eigenvalue weighted by molar-refractivity contribution is 4.94. The van der Waals surface area contributed by atoms with Crippen LogP contribution in [0, 0.1) is 5.92 Å². The third-order valence-corrected chi connectivity index (χ3v) is 4.67. The summed E-state index contributed by atoms with van der Waals surface area (Å²) in [4.78, 5) is 4.65. The van der Waals surface area contributed by atoms with Crippen molar-refractivity contribution in [2.24, 2.45) is 5.92 Å². The lowest BCUT2D eigenvalue weighted by Crippen LogP contribution is -2.41. The molecule has 21 heavy (non-hydrogen) atoms. The Kier molecular flexibility index (Phi) is 6.68. The van der Waals surface area contributed by atoms with Crippen LogP contribution in [0.25, 0.3) is 0 Å². The maximum atomic E-state index is 4.71. The largest absolute Gasteiger partial charge is 0.312 e. The van der Waals surface area contributed by atoms with Crippen LogP contribution >= 0.6 is 0 Å². The molecular formula is C17H32N4. The highest BCUT2D eigenvalue weighted by Gasteiger charge is 2.24. The molecule has 1 aliphatic rings. The standard InChI is InChI=1S/C17H32N4/c1-4-12-18-15(14-10-8-7-9-11-14)13-21-17(6-3)19-16(5-2)20-21/h14-15,18H,4-13H2,1-3H3. The van der Waals surface area contributed by atoms with E-state index >= 15 is 0 Å². The normalized spacial score (nSPS) is 18.0. The first-order chi connectivity index (χ1) is 10.3. The Labute approximate surface area is 129 Å². The van der Waals surface area contributed by atoms with Crippen LogP contribution in [0.5, 0.6) is 0 Å². The maximum absolute atomic E-state index is 4.71. The van der Waals surface area contributed by atoms with E-state index in [2.05, 4.69) is 35.8 Å². The molecule has 1 heterocycles. The van der Waals surface area contributed by atoms with Gasteiger partial charge < -0.3 is 5.32 Å². The van der Waals surface area contributed by atoms with Crippen LogP contribution in [-0.2, 0) is 19.4 Å². The van der Waals surface area contributed by atoms with Crippen LogP contribution in [0.15, 0.2) is 0 Å². The zero-order chi connectivity index (χ0) is 15.1. The van der Waals surface area contributed by atoms with E-state index in [4.69, 9.17) is 5.10 Å². The molecule has 4 heteroatoms. The van der Waals surface area contributed by atoms with Crippen molar-refractivity contribution in [1.82, 2.24) is 20.1 Å². The van der Waals surface area contributed by atoms with Gasteiger partial charge in [0, 0.05) is 18.9 Å². The SMILES string of the molecule is CCCNC(Cn1nc(CC)nc1CC)C1CCCCC1. The van der Waals surface area contributed by atoms with E-state index in [1.54, 1.807) is 0 Å². The summed E-state index contributed by atoms with van der Waals surface area (Å²) >= 11 is 0. The number of hydrogen-bond acceptors (Lipinski definition) is 3. The first-order valence-corrected chi connectivity index (χ1v) is 8.94. The van der Waals surface area contributed by atoms with Gasteiger partial charge in [-0.2, -0.15) is 5.10 Å². The first-order valence-electron chi connectivity index (χ1n) is 8.94. The number of aromatic nitrogens is 3. The molecule has 1 fully saturated rings. The Morgan fingerprint density at radius 2 is 1.90 bits per heavy atom. The fraction of sp³-hybridized carbons (Fsp3) is 0.882. The van der Waals surface area contributed by atoms with Gasteiger partial charge in [0.05, 0.1) is 6.54 Å². The van der Waals surface area contributed by atoms with E-state index in [1.807, 2.05) is 0 Å². The summed E-state index contributed by atoms with van der Waals surface area (Å²) in [5.74, 6) is 2.94. The number of aryl methyl sites for hydroxylation is 2. The van der Waals surface area contributed by atoms with Crippen LogP contribution in [0.3, 0.4) is 0 Å². The molecule has 0 saturated heterocycles. The second-order valence-electron chi connectivity index (χ2n) is 6.29. The maximum Gasteiger partial charge on any atom is 0.150 e. The van der Waals surface area contributed by atoms with Crippen molar-refractivity contribution in [2.75, 3.05) is 6.54 Å². The van der Waals surface area contributed by atoms with E-state index in [9.17, 15) is 0 Å². The minimum absolute atomic E-state index is 0.557. The molecular weight excluding hydrogens is 260 g/mol. The predicted octanol–water partition coefficient (Wildman–Crippen LogP) is 3.35. The van der Waals surface area contributed by atoms with Gasteiger partial charge in [0.1, 0.15) is 5.82 Å². The fourth-order valence-electron chi connectivity index (χ4n) is 3.42. The lowest BCUT2D eigenvalue weighted by molar-refractivity contribution is 0.241. The minimum atomic E-state index is 0.557. The smallest absolute Gasteiger partial charge is 0.150 e. The van der Waals surface area contributed by atoms with Gasteiger partial charge in [-0.15, -0.1) is 0 Å². The van der Waals surface area contributed by atoms with Gasteiger partial charge in [0.2, 0.25) is 0 Å². The molecule has 120 valence electrons. The van der Waals surface area contributed by atoms with E-state index < -0.39 is 0 Å². The van der Waals surface area contributed by atoms with Gasteiger partial charge in [-0.25, -0.2) is 9.67 Å². The molecule has 0 amide bonds. The van der Waals surface area contributed by atoms with E-state index in [-0.39, 0.29) is 0 Å². The highest BCUT2D eigenvalue weighted by Crippen LogP contribution is 2.27. The van der Waals surface area contributed by atoms with E-state index in [0.29, 0.717) is 6.04 Å². The van der Waals surface area contributed by atoms with Gasteiger partial charge in [-0.3, -0.25) is 0 Å². The van der Waals surface area contributed by atoms with Crippen LogP contribution in [-0.4, -0.2) is 27.4 Å². The lowest BCUT2D eigenvalue weighted by atomic mass is 9.83. The van der Waals surface area contributed by atoms with Crippen LogP contribution < -0.4 is 5.32 Å². The van der Waals surface area contributed by atoms with Crippen molar-refractivity contribution >= 4 is 0 Å². The summed E-state index contributed by atoms with van der Waals surface area (Å²) in [5, 5.41) is 8.49. The van der Waals surface area contributed by atoms with E-state index in [1.165, 1.54) is 38.5 Å². The summed E-state index contributed by atoms with van der Waals surface area (Å²) in [5.41, 5.74) is 0. The summed E-state index contributed by atoms with van der Waals surface area (Å²) in [6, 6.07) is 0.557. The molecule has 1 aliphatic carbocycles. The number of nitrogens with zero attached hydrogens (tertiary/aromatic N) is 3. The Hall–Kier alpha value is -0.900. The van der Waals surface area contributed by atoms with E-state index in [0.717, 1.165) is 43.5 Å². The molecule has 0 radical (unpaired) electrons. The van der Waals surface area contributed by atoms with Crippen molar-refractivity contribution in [2.45, 2.75) is 84.7 Å². The topological polar surface area (TPSA) is 42.7 Å². The highest BCUT2D eigenvalue weighted by atomic mass is 15.4. The Balaban J connectivity index is 2.07. The van der Waals surface area contributed by atoms with Gasteiger partial charge in [0.15, 0.2) is 5.82 Å². The van der Waals surface area contributed by atoms with Crippen molar-refractivity contribution in [3.63, 3.8) is 0 Å².